The predicted molar refractivity (Wildman–Crippen MR) is 73.6 cm³/mol. The van der Waals surface area contributed by atoms with E-state index in [0.717, 1.165) is 31.6 Å². The summed E-state index contributed by atoms with van der Waals surface area (Å²) in [6.45, 7) is 4.61. The largest absolute Gasteiger partial charge is 0.435 e. The maximum atomic E-state index is 12.4. The highest BCUT2D eigenvalue weighted by Gasteiger charge is 2.52. The maximum absolute atomic E-state index is 12.4. The van der Waals surface area contributed by atoms with Crippen molar-refractivity contribution >= 4 is 5.97 Å². The third-order valence-electron chi connectivity index (χ3n) is 5.89. The van der Waals surface area contributed by atoms with Gasteiger partial charge in [0.1, 0.15) is 0 Å². The highest BCUT2D eigenvalue weighted by molar-refractivity contribution is 5.73. The molecule has 20 heavy (non-hydrogen) atoms. The van der Waals surface area contributed by atoms with Crippen molar-refractivity contribution in [3.8, 4) is 0 Å². The van der Waals surface area contributed by atoms with E-state index in [1.807, 2.05) is 0 Å². The Morgan fingerprint density at radius 1 is 1.10 bits per heavy atom. The lowest BCUT2D eigenvalue weighted by atomic mass is 9.76. The fourth-order valence-corrected chi connectivity index (χ4v) is 4.45. The number of hydrogen-bond acceptors (Lipinski definition) is 4. The number of rotatable bonds is 3. The van der Waals surface area contributed by atoms with Crippen LogP contribution in [0.5, 0.6) is 0 Å². The molecule has 2 saturated carbocycles. The van der Waals surface area contributed by atoms with Gasteiger partial charge in [-0.1, -0.05) is 13.8 Å². The van der Waals surface area contributed by atoms with Gasteiger partial charge in [-0.25, -0.2) is 0 Å². The summed E-state index contributed by atoms with van der Waals surface area (Å²) in [6.07, 6.45) is 4.24. The zero-order chi connectivity index (χ0) is 14.3. The van der Waals surface area contributed by atoms with Crippen molar-refractivity contribution in [3.63, 3.8) is 0 Å². The molecule has 0 aromatic carbocycles. The van der Waals surface area contributed by atoms with Gasteiger partial charge in [0.05, 0.1) is 5.92 Å². The molecule has 0 aromatic rings. The van der Waals surface area contributed by atoms with Crippen molar-refractivity contribution in [3.05, 3.63) is 0 Å². The number of hydrogen-bond donors (Lipinski definition) is 0. The number of carbonyl (C=O) groups is 1. The van der Waals surface area contributed by atoms with E-state index in [-0.39, 0.29) is 18.2 Å². The van der Waals surface area contributed by atoms with Gasteiger partial charge in [0.2, 0.25) is 6.29 Å². The number of esters is 1. The lowest BCUT2D eigenvalue weighted by molar-refractivity contribution is -0.256. The summed E-state index contributed by atoms with van der Waals surface area (Å²) in [5, 5.41) is 0. The molecule has 3 fully saturated rings. The lowest BCUT2D eigenvalue weighted by Crippen LogP contribution is -2.37. The molecule has 4 nitrogen and oxygen atoms in total. The van der Waals surface area contributed by atoms with Crippen LogP contribution in [-0.4, -0.2) is 25.7 Å². The normalized spacial score (nSPS) is 47.5. The Morgan fingerprint density at radius 3 is 2.50 bits per heavy atom. The highest BCUT2D eigenvalue weighted by Crippen LogP contribution is 2.55. The summed E-state index contributed by atoms with van der Waals surface area (Å²) in [7, 11) is 1.63. The van der Waals surface area contributed by atoms with Gasteiger partial charge in [0, 0.05) is 13.5 Å². The molecule has 0 spiro atoms. The lowest BCUT2D eigenvalue weighted by Gasteiger charge is -2.33. The number of carbonyl (C=O) groups excluding carboxylic acids is 1. The Labute approximate surface area is 121 Å². The predicted octanol–water partition coefficient (Wildman–Crippen LogP) is 2.96. The van der Waals surface area contributed by atoms with Gasteiger partial charge in [-0.15, -0.1) is 0 Å². The van der Waals surface area contributed by atoms with Crippen molar-refractivity contribution in [2.75, 3.05) is 7.11 Å². The third kappa shape index (κ3) is 2.48. The number of ether oxygens (including phenoxy) is 3. The summed E-state index contributed by atoms with van der Waals surface area (Å²) in [4.78, 5) is 12.4. The van der Waals surface area contributed by atoms with E-state index in [1.165, 1.54) is 6.42 Å². The molecule has 0 N–H and O–H groups in total. The molecule has 3 rings (SSSR count). The Kier molecular flexibility index (Phi) is 4.04. The zero-order valence-corrected chi connectivity index (χ0v) is 12.7. The van der Waals surface area contributed by atoms with Crippen LogP contribution in [0.4, 0.5) is 0 Å². The van der Waals surface area contributed by atoms with Gasteiger partial charge < -0.3 is 14.2 Å². The van der Waals surface area contributed by atoms with Crippen LogP contribution in [0.2, 0.25) is 0 Å². The Morgan fingerprint density at radius 2 is 1.85 bits per heavy atom. The van der Waals surface area contributed by atoms with Crippen molar-refractivity contribution in [2.45, 2.75) is 58.5 Å². The van der Waals surface area contributed by atoms with Gasteiger partial charge in [-0.05, 0) is 49.4 Å². The molecule has 7 atom stereocenters. The van der Waals surface area contributed by atoms with Gasteiger partial charge in [-0.2, -0.15) is 0 Å². The third-order valence-corrected chi connectivity index (χ3v) is 5.89. The molecule has 4 heteroatoms. The molecule has 0 amide bonds. The first-order chi connectivity index (χ1) is 9.60. The summed E-state index contributed by atoms with van der Waals surface area (Å²) in [5.74, 6) is 2.68. The van der Waals surface area contributed by atoms with Gasteiger partial charge in [-0.3, -0.25) is 4.79 Å². The smallest absolute Gasteiger partial charge is 0.311 e. The van der Waals surface area contributed by atoms with Crippen LogP contribution in [0.3, 0.4) is 0 Å². The van der Waals surface area contributed by atoms with Crippen molar-refractivity contribution in [1.29, 1.82) is 0 Å². The molecule has 1 saturated heterocycles. The van der Waals surface area contributed by atoms with Gasteiger partial charge in [0.25, 0.3) is 0 Å². The van der Waals surface area contributed by atoms with Crippen molar-refractivity contribution < 1.29 is 19.0 Å². The SMILES string of the molecule is COC1CCCC(OC(=O)C2CC3CC2C(C)C3C)O1. The average Bonchev–Trinajstić information content (AvgIpc) is 3.00. The first-order valence-electron chi connectivity index (χ1n) is 7.99. The van der Waals surface area contributed by atoms with Crippen molar-refractivity contribution in [1.82, 2.24) is 0 Å². The van der Waals surface area contributed by atoms with Gasteiger partial charge in [0.15, 0.2) is 6.29 Å². The molecular weight excluding hydrogens is 256 g/mol. The molecule has 2 aliphatic carbocycles. The van der Waals surface area contributed by atoms with Crippen LogP contribution in [0, 0.1) is 29.6 Å². The number of methoxy groups -OCH3 is 1. The van der Waals surface area contributed by atoms with Crippen LogP contribution < -0.4 is 0 Å². The second-order valence-corrected chi connectivity index (χ2v) is 6.82. The van der Waals surface area contributed by atoms with Crippen LogP contribution in [-0.2, 0) is 19.0 Å². The monoisotopic (exact) mass is 282 g/mol. The molecule has 1 heterocycles. The van der Waals surface area contributed by atoms with E-state index in [2.05, 4.69) is 13.8 Å². The standard InChI is InChI=1S/C16H26O4/c1-9-10(2)12-7-11(9)8-13(12)16(17)20-15-6-4-5-14(18-3)19-15/h9-15H,4-8H2,1-3H3. The van der Waals surface area contributed by atoms with Crippen molar-refractivity contribution in [2.24, 2.45) is 29.6 Å². The minimum absolute atomic E-state index is 0.0435. The molecular formula is C16H26O4. The average molecular weight is 282 g/mol. The molecule has 0 aromatic heterocycles. The van der Waals surface area contributed by atoms with E-state index in [1.54, 1.807) is 7.11 Å². The minimum atomic E-state index is -0.409. The summed E-state index contributed by atoms with van der Waals surface area (Å²) in [5.41, 5.74) is 0. The second kappa shape index (κ2) is 5.64. The van der Waals surface area contributed by atoms with Gasteiger partial charge >= 0.3 is 5.97 Å². The van der Waals surface area contributed by atoms with Crippen LogP contribution in [0.25, 0.3) is 0 Å². The molecule has 114 valence electrons. The molecule has 0 radical (unpaired) electrons. The van der Waals surface area contributed by atoms with Crippen LogP contribution in [0.1, 0.15) is 46.0 Å². The fraction of sp³-hybridized carbons (Fsp3) is 0.938. The Balaban J connectivity index is 1.55. The molecule has 3 aliphatic rings. The van der Waals surface area contributed by atoms with E-state index in [0.29, 0.717) is 17.8 Å². The number of fused-ring (bicyclic) bond motifs is 2. The quantitative estimate of drug-likeness (QED) is 0.747. The topological polar surface area (TPSA) is 44.8 Å². The first-order valence-corrected chi connectivity index (χ1v) is 7.99. The van der Waals surface area contributed by atoms with Crippen LogP contribution in [0.15, 0.2) is 0 Å². The zero-order valence-electron chi connectivity index (χ0n) is 12.7. The van der Waals surface area contributed by atoms with E-state index < -0.39 is 6.29 Å². The summed E-state index contributed by atoms with van der Waals surface area (Å²) in [6, 6.07) is 0. The second-order valence-electron chi connectivity index (χ2n) is 6.82. The summed E-state index contributed by atoms with van der Waals surface area (Å²) >= 11 is 0. The van der Waals surface area contributed by atoms with Crippen LogP contribution >= 0.6 is 0 Å². The van der Waals surface area contributed by atoms with E-state index in [9.17, 15) is 4.79 Å². The Hall–Kier alpha value is -0.610. The molecule has 7 unspecified atom stereocenters. The highest BCUT2D eigenvalue weighted by atomic mass is 16.8. The molecule has 1 aliphatic heterocycles. The minimum Gasteiger partial charge on any atom is -0.435 e. The summed E-state index contributed by atoms with van der Waals surface area (Å²) < 4.78 is 16.4. The maximum Gasteiger partial charge on any atom is 0.311 e. The fourth-order valence-electron chi connectivity index (χ4n) is 4.45. The van der Waals surface area contributed by atoms with E-state index in [4.69, 9.17) is 14.2 Å². The Bertz CT molecular complexity index is 367. The van der Waals surface area contributed by atoms with E-state index >= 15 is 0 Å². The first kappa shape index (κ1) is 14.3. The molecule has 2 bridgehead atoms.